The molecule has 16 heavy (non-hydrogen) atoms. The second-order valence-electron chi connectivity index (χ2n) is 3.55. The van der Waals surface area contributed by atoms with Gasteiger partial charge in [0, 0.05) is 5.69 Å². The molecule has 1 amide bonds. The van der Waals surface area contributed by atoms with E-state index in [9.17, 15) is 4.79 Å². The molecule has 0 saturated heterocycles. The van der Waals surface area contributed by atoms with Crippen molar-refractivity contribution in [1.29, 1.82) is 0 Å². The van der Waals surface area contributed by atoms with Gasteiger partial charge in [-0.2, -0.15) is 0 Å². The van der Waals surface area contributed by atoms with Crippen LogP contribution in [0.2, 0.25) is 0 Å². The number of aromatic nitrogens is 2. The van der Waals surface area contributed by atoms with E-state index in [1.54, 1.807) is 0 Å². The van der Waals surface area contributed by atoms with E-state index in [1.807, 2.05) is 32.0 Å². The molecule has 4 nitrogen and oxygen atoms in total. The molecule has 0 unspecified atom stereocenters. The van der Waals surface area contributed by atoms with E-state index in [0.29, 0.717) is 4.88 Å². The van der Waals surface area contributed by atoms with E-state index < -0.39 is 0 Å². The van der Waals surface area contributed by atoms with Gasteiger partial charge < -0.3 is 5.32 Å². The molecular formula is C11H11N3OS. The Bertz CT molecular complexity index is 508. The standard InChI is InChI=1S/C11H11N3OS/c1-7-3-4-8(2)9(5-7)13-11(15)10-6-12-14-16-10/h3-6H,1-2H3,(H,13,15). The van der Waals surface area contributed by atoms with Crippen LogP contribution in [0.15, 0.2) is 24.4 Å². The van der Waals surface area contributed by atoms with Gasteiger partial charge in [-0.25, -0.2) is 0 Å². The molecule has 1 heterocycles. The molecule has 0 aliphatic heterocycles. The first-order chi connectivity index (χ1) is 7.66. The van der Waals surface area contributed by atoms with Crippen molar-refractivity contribution in [3.63, 3.8) is 0 Å². The molecule has 2 aromatic rings. The number of hydrogen-bond acceptors (Lipinski definition) is 4. The first-order valence-electron chi connectivity index (χ1n) is 4.83. The second kappa shape index (κ2) is 4.40. The number of carbonyl (C=O) groups is 1. The number of aryl methyl sites for hydroxylation is 2. The zero-order chi connectivity index (χ0) is 11.5. The van der Waals surface area contributed by atoms with Gasteiger partial charge in [0.25, 0.3) is 5.91 Å². The van der Waals surface area contributed by atoms with Crippen LogP contribution in [0.3, 0.4) is 0 Å². The molecule has 0 atom stereocenters. The monoisotopic (exact) mass is 233 g/mol. The van der Waals surface area contributed by atoms with E-state index in [0.717, 1.165) is 28.3 Å². The lowest BCUT2D eigenvalue weighted by atomic mass is 10.1. The van der Waals surface area contributed by atoms with Crippen LogP contribution in [0, 0.1) is 13.8 Å². The summed E-state index contributed by atoms with van der Waals surface area (Å²) in [7, 11) is 0. The number of nitrogens with zero attached hydrogens (tertiary/aromatic N) is 2. The van der Waals surface area contributed by atoms with Crippen LogP contribution in [0.5, 0.6) is 0 Å². The van der Waals surface area contributed by atoms with Crippen molar-refractivity contribution in [3.05, 3.63) is 40.4 Å². The predicted molar refractivity (Wildman–Crippen MR) is 63.8 cm³/mol. The van der Waals surface area contributed by atoms with Crippen molar-refractivity contribution < 1.29 is 4.79 Å². The van der Waals surface area contributed by atoms with Crippen LogP contribution < -0.4 is 5.32 Å². The fourth-order valence-corrected chi connectivity index (χ4v) is 1.73. The molecule has 0 bridgehead atoms. The third-order valence-electron chi connectivity index (χ3n) is 2.23. The van der Waals surface area contributed by atoms with Crippen LogP contribution in [0.1, 0.15) is 20.8 Å². The van der Waals surface area contributed by atoms with Crippen LogP contribution in [-0.4, -0.2) is 15.5 Å². The highest BCUT2D eigenvalue weighted by Gasteiger charge is 2.09. The predicted octanol–water partition coefficient (Wildman–Crippen LogP) is 2.41. The number of hydrogen-bond donors (Lipinski definition) is 1. The fourth-order valence-electron chi connectivity index (χ4n) is 1.32. The van der Waals surface area contributed by atoms with E-state index in [4.69, 9.17) is 0 Å². The first-order valence-corrected chi connectivity index (χ1v) is 5.60. The Kier molecular flexibility index (Phi) is 2.96. The molecule has 0 saturated carbocycles. The zero-order valence-electron chi connectivity index (χ0n) is 9.02. The van der Waals surface area contributed by atoms with Crippen LogP contribution in [0.25, 0.3) is 0 Å². The highest BCUT2D eigenvalue weighted by Crippen LogP contribution is 2.17. The highest BCUT2D eigenvalue weighted by atomic mass is 32.1. The van der Waals surface area contributed by atoms with Gasteiger partial charge in [0.1, 0.15) is 4.88 Å². The summed E-state index contributed by atoms with van der Waals surface area (Å²) in [5, 5.41) is 6.48. The molecular weight excluding hydrogens is 222 g/mol. The van der Waals surface area contributed by atoms with E-state index >= 15 is 0 Å². The SMILES string of the molecule is Cc1ccc(C)c(NC(=O)c2cnns2)c1. The minimum atomic E-state index is -0.163. The Morgan fingerprint density at radius 2 is 2.19 bits per heavy atom. The smallest absolute Gasteiger partial charge is 0.269 e. The van der Waals surface area contributed by atoms with E-state index in [1.165, 1.54) is 6.20 Å². The Labute approximate surface area is 97.5 Å². The summed E-state index contributed by atoms with van der Waals surface area (Å²) in [4.78, 5) is 12.3. The van der Waals surface area contributed by atoms with E-state index in [-0.39, 0.29) is 5.91 Å². The number of amides is 1. The van der Waals surface area contributed by atoms with Crippen molar-refractivity contribution in [2.75, 3.05) is 5.32 Å². The number of anilines is 1. The lowest BCUT2D eigenvalue weighted by Gasteiger charge is -2.07. The summed E-state index contributed by atoms with van der Waals surface area (Å²) in [6, 6.07) is 5.94. The van der Waals surface area contributed by atoms with Gasteiger partial charge in [0.2, 0.25) is 0 Å². The van der Waals surface area contributed by atoms with Crippen LogP contribution >= 0.6 is 11.5 Å². The van der Waals surface area contributed by atoms with Crippen molar-refractivity contribution in [1.82, 2.24) is 9.59 Å². The zero-order valence-corrected chi connectivity index (χ0v) is 9.84. The van der Waals surface area contributed by atoms with Crippen molar-refractivity contribution in [3.8, 4) is 0 Å². The Morgan fingerprint density at radius 1 is 1.38 bits per heavy atom. The Hall–Kier alpha value is -1.75. The Morgan fingerprint density at radius 3 is 2.88 bits per heavy atom. The summed E-state index contributed by atoms with van der Waals surface area (Å²) in [6.45, 7) is 3.95. The van der Waals surface area contributed by atoms with Crippen LogP contribution in [0.4, 0.5) is 5.69 Å². The van der Waals surface area contributed by atoms with Gasteiger partial charge in [-0.3, -0.25) is 4.79 Å². The van der Waals surface area contributed by atoms with Crippen LogP contribution in [-0.2, 0) is 0 Å². The van der Waals surface area contributed by atoms with Gasteiger partial charge in [-0.1, -0.05) is 16.6 Å². The fraction of sp³-hybridized carbons (Fsp3) is 0.182. The average molecular weight is 233 g/mol. The molecule has 82 valence electrons. The molecule has 0 radical (unpaired) electrons. The minimum Gasteiger partial charge on any atom is -0.321 e. The lowest BCUT2D eigenvalue weighted by Crippen LogP contribution is -2.11. The maximum absolute atomic E-state index is 11.8. The summed E-state index contributed by atoms with van der Waals surface area (Å²) in [6.07, 6.45) is 1.46. The minimum absolute atomic E-state index is 0.163. The van der Waals surface area contributed by atoms with Crippen molar-refractivity contribution in [2.45, 2.75) is 13.8 Å². The second-order valence-corrected chi connectivity index (χ2v) is 4.34. The highest BCUT2D eigenvalue weighted by molar-refractivity contribution is 7.07. The Balaban J connectivity index is 2.21. The lowest BCUT2D eigenvalue weighted by molar-refractivity contribution is 0.103. The van der Waals surface area contributed by atoms with Gasteiger partial charge in [0.05, 0.1) is 6.20 Å². The molecule has 2 rings (SSSR count). The molecule has 1 N–H and O–H groups in total. The maximum atomic E-state index is 11.8. The first kappa shape index (κ1) is 10.8. The molecule has 5 heteroatoms. The van der Waals surface area contributed by atoms with Gasteiger partial charge in [-0.15, -0.1) is 5.10 Å². The number of rotatable bonds is 2. The van der Waals surface area contributed by atoms with E-state index in [2.05, 4.69) is 14.9 Å². The van der Waals surface area contributed by atoms with Gasteiger partial charge in [-0.05, 0) is 42.6 Å². The third kappa shape index (κ3) is 2.25. The molecule has 1 aromatic carbocycles. The molecule has 0 spiro atoms. The normalized spacial score (nSPS) is 10.1. The summed E-state index contributed by atoms with van der Waals surface area (Å²) < 4.78 is 3.66. The largest absolute Gasteiger partial charge is 0.321 e. The maximum Gasteiger partial charge on any atom is 0.269 e. The summed E-state index contributed by atoms with van der Waals surface area (Å²) >= 11 is 1.09. The average Bonchev–Trinajstić information content (AvgIpc) is 2.76. The quantitative estimate of drug-likeness (QED) is 0.866. The number of nitrogens with one attached hydrogen (secondary N) is 1. The van der Waals surface area contributed by atoms with Crippen molar-refractivity contribution in [2.24, 2.45) is 0 Å². The number of benzene rings is 1. The molecule has 0 fully saturated rings. The summed E-state index contributed by atoms with van der Waals surface area (Å²) in [5.74, 6) is -0.163. The summed E-state index contributed by atoms with van der Waals surface area (Å²) in [5.41, 5.74) is 2.98. The molecule has 0 aliphatic rings. The third-order valence-corrected chi connectivity index (χ3v) is 2.89. The molecule has 1 aromatic heterocycles. The van der Waals surface area contributed by atoms with Crippen molar-refractivity contribution >= 4 is 23.1 Å². The van der Waals surface area contributed by atoms with Gasteiger partial charge in [0.15, 0.2) is 0 Å². The molecule has 0 aliphatic carbocycles. The van der Waals surface area contributed by atoms with Gasteiger partial charge >= 0.3 is 0 Å². The topological polar surface area (TPSA) is 54.9 Å². The number of carbonyl (C=O) groups excluding carboxylic acids is 1.